The van der Waals surface area contributed by atoms with E-state index in [1.807, 2.05) is 35.2 Å². The molecule has 0 saturated heterocycles. The predicted octanol–water partition coefficient (Wildman–Crippen LogP) is 4.29. The van der Waals surface area contributed by atoms with Crippen LogP contribution in [0.25, 0.3) is 22.3 Å². The van der Waals surface area contributed by atoms with E-state index in [9.17, 15) is 9.59 Å². The summed E-state index contributed by atoms with van der Waals surface area (Å²) in [6, 6.07) is 14.4. The highest BCUT2D eigenvalue weighted by atomic mass is 16.5. The van der Waals surface area contributed by atoms with Gasteiger partial charge in [-0.1, -0.05) is 0 Å². The molecule has 0 saturated carbocycles. The number of methoxy groups -OCH3 is 2. The van der Waals surface area contributed by atoms with Crippen LogP contribution in [0.15, 0.2) is 60.9 Å². The SMILES string of the molecule is CNC(=O)OCCN(c1cc(OC)cc(OC)c1)c1ccc2ncc(-c3ccc(NC(=O)O)nc3)nc2c1. The van der Waals surface area contributed by atoms with Crippen LogP contribution in [-0.4, -0.2) is 66.7 Å². The number of hydrogen-bond donors (Lipinski definition) is 3. The summed E-state index contributed by atoms with van der Waals surface area (Å²) in [5.74, 6) is 1.42. The summed E-state index contributed by atoms with van der Waals surface area (Å²) in [6.07, 6.45) is 1.43. The molecule has 4 rings (SSSR count). The molecule has 0 unspecified atom stereocenters. The van der Waals surface area contributed by atoms with Crippen molar-refractivity contribution in [2.45, 2.75) is 0 Å². The number of carbonyl (C=O) groups excluding carboxylic acids is 1. The Labute approximate surface area is 218 Å². The molecular weight excluding hydrogens is 492 g/mol. The number of carbonyl (C=O) groups is 2. The second-order valence-electron chi connectivity index (χ2n) is 7.90. The van der Waals surface area contributed by atoms with E-state index in [1.165, 1.54) is 13.2 Å². The van der Waals surface area contributed by atoms with E-state index in [2.05, 4.69) is 20.6 Å². The minimum absolute atomic E-state index is 0.116. The van der Waals surface area contributed by atoms with Gasteiger partial charge >= 0.3 is 12.2 Å². The number of carboxylic acid groups (broad SMARTS) is 1. The Balaban J connectivity index is 1.71. The maximum absolute atomic E-state index is 11.6. The average molecular weight is 519 g/mol. The molecular formula is C26H26N6O6. The summed E-state index contributed by atoms with van der Waals surface area (Å²) in [5, 5.41) is 13.5. The number of anilines is 3. The Morgan fingerprint density at radius 3 is 2.32 bits per heavy atom. The lowest BCUT2D eigenvalue weighted by atomic mass is 10.1. The molecule has 0 spiro atoms. The molecule has 0 fully saturated rings. The van der Waals surface area contributed by atoms with E-state index in [-0.39, 0.29) is 12.4 Å². The number of pyridine rings is 1. The molecule has 0 aliphatic carbocycles. The third kappa shape index (κ3) is 6.16. The van der Waals surface area contributed by atoms with Gasteiger partial charge in [0.15, 0.2) is 0 Å². The summed E-state index contributed by atoms with van der Waals surface area (Å²) in [4.78, 5) is 37.8. The minimum atomic E-state index is -1.19. The van der Waals surface area contributed by atoms with E-state index >= 15 is 0 Å². The maximum Gasteiger partial charge on any atom is 0.410 e. The number of amides is 2. The van der Waals surface area contributed by atoms with Crippen LogP contribution >= 0.6 is 0 Å². The van der Waals surface area contributed by atoms with Crippen molar-refractivity contribution in [3.63, 3.8) is 0 Å². The first-order valence-corrected chi connectivity index (χ1v) is 11.5. The van der Waals surface area contributed by atoms with Gasteiger partial charge in [0.05, 0.1) is 43.7 Å². The molecule has 4 aromatic rings. The van der Waals surface area contributed by atoms with Crippen LogP contribution in [-0.2, 0) is 4.74 Å². The van der Waals surface area contributed by atoms with Crippen molar-refractivity contribution in [2.75, 3.05) is 44.6 Å². The third-order valence-corrected chi connectivity index (χ3v) is 5.53. The first-order valence-electron chi connectivity index (χ1n) is 11.5. The Morgan fingerprint density at radius 1 is 0.921 bits per heavy atom. The molecule has 0 atom stereocenters. The van der Waals surface area contributed by atoms with Gasteiger partial charge in [0, 0.05) is 48.4 Å². The number of ether oxygens (including phenoxy) is 3. The van der Waals surface area contributed by atoms with Gasteiger partial charge in [-0.2, -0.15) is 0 Å². The normalized spacial score (nSPS) is 10.5. The number of rotatable bonds is 9. The Bertz CT molecular complexity index is 1420. The fourth-order valence-corrected chi connectivity index (χ4v) is 3.69. The quantitative estimate of drug-likeness (QED) is 0.293. The van der Waals surface area contributed by atoms with E-state index in [4.69, 9.17) is 24.3 Å². The molecule has 0 bridgehead atoms. The van der Waals surface area contributed by atoms with Gasteiger partial charge in [-0.25, -0.2) is 19.6 Å². The molecule has 2 amide bonds. The van der Waals surface area contributed by atoms with Gasteiger partial charge < -0.3 is 29.5 Å². The van der Waals surface area contributed by atoms with Crippen molar-refractivity contribution in [1.29, 1.82) is 0 Å². The van der Waals surface area contributed by atoms with E-state index in [1.54, 1.807) is 38.6 Å². The minimum Gasteiger partial charge on any atom is -0.497 e. The van der Waals surface area contributed by atoms with Crippen LogP contribution in [0.5, 0.6) is 11.5 Å². The molecule has 12 heteroatoms. The molecule has 0 aliphatic heterocycles. The summed E-state index contributed by atoms with van der Waals surface area (Å²) >= 11 is 0. The van der Waals surface area contributed by atoms with E-state index < -0.39 is 12.2 Å². The standard InChI is InChI=1S/C26H26N6O6/c1-27-26(35)38-9-8-32(18-10-19(36-2)13-20(11-18)37-3)17-5-6-21-22(12-17)30-23(15-28-21)16-4-7-24(29-14-16)31-25(33)34/h4-7,10-15H,8-9H2,1-3H3,(H,27,35)(H,29,31)(H,33,34). The van der Waals surface area contributed by atoms with Crippen molar-refractivity contribution in [2.24, 2.45) is 0 Å². The number of nitrogens with zero attached hydrogens (tertiary/aromatic N) is 4. The number of aromatic nitrogens is 3. The van der Waals surface area contributed by atoms with Crippen molar-refractivity contribution in [3.8, 4) is 22.8 Å². The van der Waals surface area contributed by atoms with Gasteiger partial charge in [0.2, 0.25) is 0 Å². The highest BCUT2D eigenvalue weighted by molar-refractivity contribution is 5.84. The molecule has 12 nitrogen and oxygen atoms in total. The van der Waals surface area contributed by atoms with Crippen molar-refractivity contribution >= 4 is 40.4 Å². The van der Waals surface area contributed by atoms with Crippen LogP contribution < -0.4 is 25.0 Å². The van der Waals surface area contributed by atoms with E-state index in [0.717, 1.165) is 11.4 Å². The zero-order chi connectivity index (χ0) is 27.1. The highest BCUT2D eigenvalue weighted by Gasteiger charge is 2.15. The largest absolute Gasteiger partial charge is 0.497 e. The zero-order valence-corrected chi connectivity index (χ0v) is 21.0. The summed E-state index contributed by atoms with van der Waals surface area (Å²) in [7, 11) is 4.64. The van der Waals surface area contributed by atoms with Crippen molar-refractivity contribution < 1.29 is 28.9 Å². The second-order valence-corrected chi connectivity index (χ2v) is 7.90. The molecule has 0 aliphatic rings. The first kappa shape index (κ1) is 25.9. The molecule has 0 radical (unpaired) electrons. The van der Waals surface area contributed by atoms with Crippen LogP contribution in [0.3, 0.4) is 0 Å². The Hall–Kier alpha value is -5.13. The van der Waals surface area contributed by atoms with Crippen molar-refractivity contribution in [1.82, 2.24) is 20.3 Å². The molecule has 2 aromatic carbocycles. The van der Waals surface area contributed by atoms with Gasteiger partial charge in [0.1, 0.15) is 23.9 Å². The number of fused-ring (bicyclic) bond motifs is 1. The monoisotopic (exact) mass is 518 g/mol. The maximum atomic E-state index is 11.6. The molecule has 3 N–H and O–H groups in total. The number of hydrogen-bond acceptors (Lipinski definition) is 9. The average Bonchev–Trinajstić information content (AvgIpc) is 2.94. The fourth-order valence-electron chi connectivity index (χ4n) is 3.69. The Kier molecular flexibility index (Phi) is 8.01. The molecule has 2 aromatic heterocycles. The second kappa shape index (κ2) is 11.7. The van der Waals surface area contributed by atoms with Gasteiger partial charge in [0.25, 0.3) is 0 Å². The number of nitrogens with one attached hydrogen (secondary N) is 2. The predicted molar refractivity (Wildman–Crippen MR) is 141 cm³/mol. The molecule has 196 valence electrons. The number of alkyl carbamates (subject to hydrolysis) is 1. The van der Waals surface area contributed by atoms with Gasteiger partial charge in [-0.05, 0) is 30.3 Å². The first-order chi connectivity index (χ1) is 18.4. The molecule has 38 heavy (non-hydrogen) atoms. The van der Waals surface area contributed by atoms with Crippen LogP contribution in [0.4, 0.5) is 26.8 Å². The lowest BCUT2D eigenvalue weighted by Gasteiger charge is -2.26. The Morgan fingerprint density at radius 2 is 1.68 bits per heavy atom. The smallest absolute Gasteiger partial charge is 0.410 e. The fraction of sp³-hybridized carbons (Fsp3) is 0.192. The summed E-state index contributed by atoms with van der Waals surface area (Å²) in [6.45, 7) is 0.454. The summed E-state index contributed by atoms with van der Waals surface area (Å²) < 4.78 is 16.1. The lowest BCUT2D eigenvalue weighted by molar-refractivity contribution is 0.151. The van der Waals surface area contributed by atoms with E-state index in [0.29, 0.717) is 40.3 Å². The van der Waals surface area contributed by atoms with Crippen LogP contribution in [0, 0.1) is 0 Å². The number of benzene rings is 2. The van der Waals surface area contributed by atoms with Gasteiger partial charge in [-0.15, -0.1) is 0 Å². The summed E-state index contributed by atoms with van der Waals surface area (Å²) in [5.41, 5.74) is 4.09. The third-order valence-electron chi connectivity index (χ3n) is 5.53. The lowest BCUT2D eigenvalue weighted by Crippen LogP contribution is -2.27. The van der Waals surface area contributed by atoms with Crippen LogP contribution in [0.2, 0.25) is 0 Å². The zero-order valence-electron chi connectivity index (χ0n) is 21.0. The topological polar surface area (TPSA) is 148 Å². The van der Waals surface area contributed by atoms with Crippen molar-refractivity contribution in [3.05, 3.63) is 60.9 Å². The van der Waals surface area contributed by atoms with Gasteiger partial charge in [-0.3, -0.25) is 10.3 Å². The molecule has 2 heterocycles. The highest BCUT2D eigenvalue weighted by Crippen LogP contribution is 2.34. The van der Waals surface area contributed by atoms with Crippen LogP contribution in [0.1, 0.15) is 0 Å².